The second kappa shape index (κ2) is 25.1. The molecule has 0 spiro atoms. The number of fused-ring (bicyclic) bond motifs is 2. The van der Waals surface area contributed by atoms with Crippen LogP contribution in [-0.4, -0.2) is 13.2 Å². The van der Waals surface area contributed by atoms with Crippen molar-refractivity contribution >= 4 is 33.1 Å². The maximum absolute atomic E-state index is 6.60. The van der Waals surface area contributed by atoms with Crippen molar-refractivity contribution in [2.24, 2.45) is 0 Å². The van der Waals surface area contributed by atoms with Gasteiger partial charge in [0.1, 0.15) is 11.5 Å². The normalized spacial score (nSPS) is 11.5. The molecule has 3 aromatic rings. The summed E-state index contributed by atoms with van der Waals surface area (Å²) in [7, 11) is 0. The Morgan fingerprint density at radius 1 is 0.413 bits per heavy atom. The standard InChI is InChI=1S/C43H67ClO2/c1-3-5-7-9-11-13-15-17-19-21-23-27-33-45-42-38-29-25-26-30-39(38)43(41-35-37(36-44)31-32-40(41)42)46-34-28-24-22-20-18-16-14-12-10-8-6-4-2/h25-26,29-32,35H,3-24,27-28,33-34,36H2,1-2H3. The highest BCUT2D eigenvalue weighted by Crippen LogP contribution is 2.43. The zero-order valence-electron chi connectivity index (χ0n) is 29.8. The van der Waals surface area contributed by atoms with Crippen molar-refractivity contribution in [1.29, 1.82) is 0 Å². The Bertz CT molecular complexity index is 1190. The summed E-state index contributed by atoms with van der Waals surface area (Å²) >= 11 is 6.30. The van der Waals surface area contributed by atoms with E-state index in [-0.39, 0.29) is 0 Å². The van der Waals surface area contributed by atoms with Gasteiger partial charge < -0.3 is 9.47 Å². The van der Waals surface area contributed by atoms with E-state index in [1.165, 1.54) is 141 Å². The molecule has 0 radical (unpaired) electrons. The molecule has 0 amide bonds. The first-order valence-corrected chi connectivity index (χ1v) is 20.1. The number of hydrogen-bond acceptors (Lipinski definition) is 2. The van der Waals surface area contributed by atoms with Gasteiger partial charge in [-0.3, -0.25) is 0 Å². The van der Waals surface area contributed by atoms with Gasteiger partial charge in [0.25, 0.3) is 0 Å². The average Bonchev–Trinajstić information content (AvgIpc) is 3.09. The molecule has 0 saturated heterocycles. The van der Waals surface area contributed by atoms with Gasteiger partial charge in [0, 0.05) is 27.4 Å². The van der Waals surface area contributed by atoms with E-state index in [9.17, 15) is 0 Å². The van der Waals surface area contributed by atoms with Gasteiger partial charge in [0.2, 0.25) is 0 Å². The SMILES string of the molecule is CCCCCCCCCCCCCCOc1c2ccccc2c(OCCCCCCCCCCCCCC)c2cc(CCl)ccc12. The van der Waals surface area contributed by atoms with E-state index >= 15 is 0 Å². The molecule has 258 valence electrons. The van der Waals surface area contributed by atoms with Gasteiger partial charge >= 0.3 is 0 Å². The van der Waals surface area contributed by atoms with Crippen LogP contribution in [-0.2, 0) is 5.88 Å². The van der Waals surface area contributed by atoms with Crippen LogP contribution in [0.25, 0.3) is 21.5 Å². The van der Waals surface area contributed by atoms with Crippen molar-refractivity contribution in [3.05, 3.63) is 48.0 Å². The molecule has 3 aromatic carbocycles. The number of benzene rings is 3. The third-order valence-electron chi connectivity index (χ3n) is 9.63. The number of halogens is 1. The van der Waals surface area contributed by atoms with Crippen molar-refractivity contribution < 1.29 is 9.47 Å². The smallest absolute Gasteiger partial charge is 0.135 e. The van der Waals surface area contributed by atoms with Crippen LogP contribution >= 0.6 is 11.6 Å². The van der Waals surface area contributed by atoms with Crippen molar-refractivity contribution in [1.82, 2.24) is 0 Å². The predicted molar refractivity (Wildman–Crippen MR) is 204 cm³/mol. The van der Waals surface area contributed by atoms with Gasteiger partial charge in [-0.05, 0) is 24.5 Å². The number of ether oxygens (including phenoxy) is 2. The fourth-order valence-corrected chi connectivity index (χ4v) is 6.94. The molecule has 0 fully saturated rings. The summed E-state index contributed by atoms with van der Waals surface area (Å²) in [6.45, 7) is 6.09. The highest BCUT2D eigenvalue weighted by molar-refractivity contribution is 6.17. The third-order valence-corrected chi connectivity index (χ3v) is 9.94. The lowest BCUT2D eigenvalue weighted by Crippen LogP contribution is -2.02. The molecule has 0 atom stereocenters. The molecule has 0 aliphatic heterocycles. The van der Waals surface area contributed by atoms with Crippen LogP contribution in [0, 0.1) is 0 Å². The molecule has 3 rings (SSSR count). The highest BCUT2D eigenvalue weighted by Gasteiger charge is 2.17. The van der Waals surface area contributed by atoms with Gasteiger partial charge in [-0.15, -0.1) is 11.6 Å². The van der Waals surface area contributed by atoms with E-state index in [0.29, 0.717) is 5.88 Å². The fraction of sp³-hybridized carbons (Fsp3) is 0.674. The Balaban J connectivity index is 1.46. The molecule has 0 bridgehead atoms. The van der Waals surface area contributed by atoms with E-state index in [2.05, 4.69) is 56.3 Å². The fourth-order valence-electron chi connectivity index (χ4n) is 6.78. The summed E-state index contributed by atoms with van der Waals surface area (Å²) in [6.07, 6.45) is 32.4. The second-order valence-corrected chi connectivity index (χ2v) is 14.0. The van der Waals surface area contributed by atoms with Crippen LogP contribution < -0.4 is 9.47 Å². The van der Waals surface area contributed by atoms with Crippen LogP contribution in [0.15, 0.2) is 42.5 Å². The van der Waals surface area contributed by atoms with Crippen LogP contribution in [0.3, 0.4) is 0 Å². The first-order chi connectivity index (χ1) is 22.8. The molecule has 0 N–H and O–H groups in total. The van der Waals surface area contributed by atoms with Crippen LogP contribution in [0.1, 0.15) is 174 Å². The van der Waals surface area contributed by atoms with Crippen molar-refractivity contribution in [3.8, 4) is 11.5 Å². The second-order valence-electron chi connectivity index (χ2n) is 13.7. The molecular formula is C43H67ClO2. The summed E-state index contributed by atoms with van der Waals surface area (Å²) in [5, 5.41) is 4.55. The Kier molecular flexibility index (Phi) is 21.0. The van der Waals surface area contributed by atoms with Crippen LogP contribution in [0.5, 0.6) is 11.5 Å². The van der Waals surface area contributed by atoms with E-state index in [0.717, 1.165) is 64.7 Å². The highest BCUT2D eigenvalue weighted by atomic mass is 35.5. The van der Waals surface area contributed by atoms with Crippen molar-refractivity contribution in [3.63, 3.8) is 0 Å². The van der Waals surface area contributed by atoms with Crippen molar-refractivity contribution in [2.45, 2.75) is 174 Å². The number of unbranched alkanes of at least 4 members (excludes halogenated alkanes) is 22. The van der Waals surface area contributed by atoms with Gasteiger partial charge in [-0.2, -0.15) is 0 Å². The zero-order valence-corrected chi connectivity index (χ0v) is 30.6. The minimum Gasteiger partial charge on any atom is -0.492 e. The van der Waals surface area contributed by atoms with Crippen LogP contribution in [0.2, 0.25) is 0 Å². The maximum Gasteiger partial charge on any atom is 0.135 e. The first-order valence-electron chi connectivity index (χ1n) is 19.6. The van der Waals surface area contributed by atoms with E-state index in [1.54, 1.807) is 0 Å². The molecule has 0 unspecified atom stereocenters. The number of hydrogen-bond donors (Lipinski definition) is 0. The molecule has 0 heterocycles. The number of alkyl halides is 1. The lowest BCUT2D eigenvalue weighted by Gasteiger charge is -2.18. The lowest BCUT2D eigenvalue weighted by atomic mass is 9.99. The Hall–Kier alpha value is -1.93. The quantitative estimate of drug-likeness (QED) is 0.0423. The molecule has 2 nitrogen and oxygen atoms in total. The molecule has 0 aromatic heterocycles. The van der Waals surface area contributed by atoms with Crippen molar-refractivity contribution in [2.75, 3.05) is 13.2 Å². The van der Waals surface area contributed by atoms with Crippen LogP contribution in [0.4, 0.5) is 0 Å². The van der Waals surface area contributed by atoms with E-state index < -0.39 is 0 Å². The van der Waals surface area contributed by atoms with Gasteiger partial charge in [0.15, 0.2) is 0 Å². The molecule has 0 aliphatic rings. The molecule has 46 heavy (non-hydrogen) atoms. The predicted octanol–water partition coefficient (Wildman–Crippen LogP) is 14.9. The first kappa shape index (κ1) is 38.5. The van der Waals surface area contributed by atoms with E-state index in [1.807, 2.05) is 0 Å². The average molecular weight is 651 g/mol. The summed E-state index contributed by atoms with van der Waals surface area (Å²) in [4.78, 5) is 0. The summed E-state index contributed by atoms with van der Waals surface area (Å²) in [5.41, 5.74) is 1.12. The minimum atomic E-state index is 0.496. The third kappa shape index (κ3) is 14.5. The van der Waals surface area contributed by atoms with Gasteiger partial charge in [-0.25, -0.2) is 0 Å². The number of rotatable bonds is 29. The summed E-state index contributed by atoms with van der Waals surface area (Å²) in [6, 6.07) is 15.2. The minimum absolute atomic E-state index is 0.496. The Morgan fingerprint density at radius 2 is 0.761 bits per heavy atom. The molecular weight excluding hydrogens is 584 g/mol. The topological polar surface area (TPSA) is 18.5 Å². The summed E-state index contributed by atoms with van der Waals surface area (Å²) in [5.74, 6) is 2.47. The lowest BCUT2D eigenvalue weighted by molar-refractivity contribution is 0.306. The Labute approximate surface area is 288 Å². The summed E-state index contributed by atoms with van der Waals surface area (Å²) < 4.78 is 13.2. The van der Waals surface area contributed by atoms with Gasteiger partial charge in [-0.1, -0.05) is 192 Å². The zero-order chi connectivity index (χ0) is 32.5. The molecule has 3 heteroatoms. The van der Waals surface area contributed by atoms with Gasteiger partial charge in [0.05, 0.1) is 13.2 Å². The maximum atomic E-state index is 6.60. The molecule has 0 aliphatic carbocycles. The Morgan fingerprint density at radius 3 is 1.15 bits per heavy atom. The molecule has 0 saturated carbocycles. The monoisotopic (exact) mass is 650 g/mol. The largest absolute Gasteiger partial charge is 0.492 e. The van der Waals surface area contributed by atoms with E-state index in [4.69, 9.17) is 21.1 Å².